The van der Waals surface area contributed by atoms with Crippen LogP contribution in [0.4, 0.5) is 0 Å². The van der Waals surface area contributed by atoms with E-state index in [1.165, 1.54) is 5.56 Å². The molecule has 4 heteroatoms. The van der Waals surface area contributed by atoms with Gasteiger partial charge in [0.25, 0.3) is 0 Å². The Kier molecular flexibility index (Phi) is 7.60. The molecule has 1 aromatic rings. The number of carbonyl (C=O) groups excluding carboxylic acids is 1. The summed E-state index contributed by atoms with van der Waals surface area (Å²) in [5.74, 6) is 1.70. The second kappa shape index (κ2) is 8.99. The Morgan fingerprint density at radius 2 is 2.00 bits per heavy atom. The van der Waals surface area contributed by atoms with Crippen molar-refractivity contribution in [3.8, 4) is 0 Å². The molecule has 1 aromatic carbocycles. The maximum absolute atomic E-state index is 11.6. The molecule has 0 aliphatic heterocycles. The summed E-state index contributed by atoms with van der Waals surface area (Å²) in [6, 6.07) is 10.1. The molecule has 0 saturated carbocycles. The fraction of sp³-hybridized carbons (Fsp3) is 0.533. The van der Waals surface area contributed by atoms with Crippen LogP contribution < -0.4 is 5.32 Å². The largest absolute Gasteiger partial charge is 0.391 e. The molecule has 1 amide bonds. The van der Waals surface area contributed by atoms with Gasteiger partial charge in [-0.15, -0.1) is 11.8 Å². The van der Waals surface area contributed by atoms with Crippen molar-refractivity contribution in [3.63, 3.8) is 0 Å². The average molecular weight is 281 g/mol. The van der Waals surface area contributed by atoms with Crippen molar-refractivity contribution in [2.24, 2.45) is 5.92 Å². The third-order valence-corrected chi connectivity index (χ3v) is 3.63. The number of rotatable bonds is 8. The van der Waals surface area contributed by atoms with Crippen LogP contribution in [0.5, 0.6) is 0 Å². The molecule has 0 spiro atoms. The Morgan fingerprint density at radius 3 is 2.63 bits per heavy atom. The lowest BCUT2D eigenvalue weighted by atomic mass is 10.1. The van der Waals surface area contributed by atoms with Crippen LogP contribution in [0.2, 0.25) is 0 Å². The smallest absolute Gasteiger partial charge is 0.230 e. The van der Waals surface area contributed by atoms with Crippen LogP contribution in [0.3, 0.4) is 0 Å². The Hall–Kier alpha value is -1.00. The van der Waals surface area contributed by atoms with E-state index in [1.54, 1.807) is 11.8 Å². The monoisotopic (exact) mass is 281 g/mol. The number of nitrogens with one attached hydrogen (secondary N) is 1. The quantitative estimate of drug-likeness (QED) is 0.769. The van der Waals surface area contributed by atoms with Crippen LogP contribution >= 0.6 is 11.8 Å². The van der Waals surface area contributed by atoms with Gasteiger partial charge in [0.15, 0.2) is 0 Å². The molecule has 0 fully saturated rings. The molecule has 0 aromatic heterocycles. The second-order valence-corrected chi connectivity index (χ2v) is 6.05. The summed E-state index contributed by atoms with van der Waals surface area (Å²) in [7, 11) is 0. The molecule has 106 valence electrons. The van der Waals surface area contributed by atoms with E-state index in [0.717, 1.165) is 12.2 Å². The lowest BCUT2D eigenvalue weighted by Crippen LogP contribution is -2.33. The van der Waals surface area contributed by atoms with Crippen LogP contribution in [0, 0.1) is 5.92 Å². The highest BCUT2D eigenvalue weighted by atomic mass is 32.2. The van der Waals surface area contributed by atoms with Crippen LogP contribution in [0.15, 0.2) is 30.3 Å². The highest BCUT2D eigenvalue weighted by Crippen LogP contribution is 2.11. The van der Waals surface area contributed by atoms with E-state index in [-0.39, 0.29) is 5.91 Å². The Labute approximate surface area is 119 Å². The van der Waals surface area contributed by atoms with E-state index in [0.29, 0.717) is 18.2 Å². The minimum atomic E-state index is -0.442. The molecular weight excluding hydrogens is 258 g/mol. The Bertz CT molecular complexity index is 368. The number of amides is 1. The number of carbonyl (C=O) groups is 1. The van der Waals surface area contributed by atoms with Crippen molar-refractivity contribution in [2.45, 2.75) is 32.1 Å². The highest BCUT2D eigenvalue weighted by Gasteiger charge is 2.08. The summed E-state index contributed by atoms with van der Waals surface area (Å²) in [6.45, 7) is 4.46. The maximum Gasteiger partial charge on any atom is 0.230 e. The lowest BCUT2D eigenvalue weighted by Gasteiger charge is -2.13. The third kappa shape index (κ3) is 7.90. The van der Waals surface area contributed by atoms with Gasteiger partial charge in [-0.25, -0.2) is 0 Å². The molecular formula is C15H23NO2S. The summed E-state index contributed by atoms with van der Waals surface area (Å²) >= 11 is 1.59. The van der Waals surface area contributed by atoms with E-state index >= 15 is 0 Å². The number of aliphatic hydroxyl groups is 1. The molecule has 1 atom stereocenters. The first-order valence-corrected chi connectivity index (χ1v) is 7.80. The maximum atomic E-state index is 11.6. The van der Waals surface area contributed by atoms with Gasteiger partial charge in [0, 0.05) is 12.3 Å². The lowest BCUT2D eigenvalue weighted by molar-refractivity contribution is -0.119. The van der Waals surface area contributed by atoms with Crippen LogP contribution in [-0.2, 0) is 10.5 Å². The first-order valence-electron chi connectivity index (χ1n) is 6.64. The molecule has 1 rings (SSSR count). The van der Waals surface area contributed by atoms with Gasteiger partial charge in [-0.1, -0.05) is 44.2 Å². The molecule has 19 heavy (non-hydrogen) atoms. The number of aliphatic hydroxyl groups excluding tert-OH is 1. The number of benzene rings is 1. The van der Waals surface area contributed by atoms with Crippen molar-refractivity contribution in [1.29, 1.82) is 0 Å². The second-order valence-electron chi connectivity index (χ2n) is 5.07. The van der Waals surface area contributed by atoms with Crippen LogP contribution in [-0.4, -0.2) is 29.4 Å². The fourth-order valence-electron chi connectivity index (χ4n) is 1.75. The predicted octanol–water partition coefficient (Wildman–Crippen LogP) is 2.44. The van der Waals surface area contributed by atoms with E-state index in [9.17, 15) is 9.90 Å². The van der Waals surface area contributed by atoms with Crippen molar-refractivity contribution in [2.75, 3.05) is 12.3 Å². The summed E-state index contributed by atoms with van der Waals surface area (Å²) in [5, 5.41) is 12.4. The van der Waals surface area contributed by atoms with E-state index < -0.39 is 6.10 Å². The van der Waals surface area contributed by atoms with Crippen molar-refractivity contribution >= 4 is 17.7 Å². The van der Waals surface area contributed by atoms with Crippen molar-refractivity contribution in [1.82, 2.24) is 5.32 Å². The van der Waals surface area contributed by atoms with Gasteiger partial charge in [-0.3, -0.25) is 4.79 Å². The van der Waals surface area contributed by atoms with E-state index in [1.807, 2.05) is 18.2 Å². The van der Waals surface area contributed by atoms with E-state index in [4.69, 9.17) is 0 Å². The van der Waals surface area contributed by atoms with Gasteiger partial charge in [0.2, 0.25) is 5.91 Å². The van der Waals surface area contributed by atoms with Gasteiger partial charge in [0.1, 0.15) is 0 Å². The SMILES string of the molecule is CC(C)CC(O)CNC(=O)CSCc1ccccc1. The molecule has 2 N–H and O–H groups in total. The first-order chi connectivity index (χ1) is 9.08. The summed E-state index contributed by atoms with van der Waals surface area (Å²) in [4.78, 5) is 11.6. The number of hydrogen-bond acceptors (Lipinski definition) is 3. The Balaban J connectivity index is 2.11. The zero-order valence-corrected chi connectivity index (χ0v) is 12.5. The Morgan fingerprint density at radius 1 is 1.32 bits per heavy atom. The molecule has 0 saturated heterocycles. The highest BCUT2D eigenvalue weighted by molar-refractivity contribution is 7.99. The van der Waals surface area contributed by atoms with Crippen LogP contribution in [0.25, 0.3) is 0 Å². The standard InChI is InChI=1S/C15H23NO2S/c1-12(2)8-14(17)9-16-15(18)11-19-10-13-6-4-3-5-7-13/h3-7,12,14,17H,8-11H2,1-2H3,(H,16,18). The summed E-state index contributed by atoms with van der Waals surface area (Å²) in [6.07, 6.45) is 0.278. The van der Waals surface area contributed by atoms with Gasteiger partial charge in [0.05, 0.1) is 11.9 Å². The topological polar surface area (TPSA) is 49.3 Å². The zero-order valence-electron chi connectivity index (χ0n) is 11.6. The summed E-state index contributed by atoms with van der Waals surface area (Å²) in [5.41, 5.74) is 1.22. The average Bonchev–Trinajstić information content (AvgIpc) is 2.37. The molecule has 3 nitrogen and oxygen atoms in total. The van der Waals surface area contributed by atoms with Gasteiger partial charge < -0.3 is 10.4 Å². The van der Waals surface area contributed by atoms with Gasteiger partial charge in [-0.2, -0.15) is 0 Å². The number of thioether (sulfide) groups is 1. The molecule has 0 aliphatic carbocycles. The van der Waals surface area contributed by atoms with E-state index in [2.05, 4.69) is 31.3 Å². The molecule has 0 bridgehead atoms. The normalized spacial score (nSPS) is 12.4. The third-order valence-electron chi connectivity index (χ3n) is 2.62. The molecule has 0 heterocycles. The minimum absolute atomic E-state index is 0.0104. The molecule has 1 unspecified atom stereocenters. The van der Waals surface area contributed by atoms with Crippen LogP contribution in [0.1, 0.15) is 25.8 Å². The molecule has 0 aliphatic rings. The minimum Gasteiger partial charge on any atom is -0.391 e. The molecule has 0 radical (unpaired) electrons. The zero-order chi connectivity index (χ0) is 14.1. The van der Waals surface area contributed by atoms with Gasteiger partial charge in [-0.05, 0) is 17.9 Å². The van der Waals surface area contributed by atoms with Crippen molar-refractivity contribution in [3.05, 3.63) is 35.9 Å². The van der Waals surface area contributed by atoms with Gasteiger partial charge >= 0.3 is 0 Å². The number of hydrogen-bond donors (Lipinski definition) is 2. The summed E-state index contributed by atoms with van der Waals surface area (Å²) < 4.78 is 0. The first kappa shape index (κ1) is 16.1. The predicted molar refractivity (Wildman–Crippen MR) is 81.1 cm³/mol. The van der Waals surface area contributed by atoms with Crippen molar-refractivity contribution < 1.29 is 9.90 Å². The fourth-order valence-corrected chi connectivity index (χ4v) is 2.56.